The molecule has 5 nitrogen and oxygen atoms in total. The highest BCUT2D eigenvalue weighted by atomic mass is 32.2. The number of nitrogens with one attached hydrogen (secondary N) is 1. The normalized spacial score (nSPS) is 37.2. The monoisotopic (exact) mass is 288 g/mol. The summed E-state index contributed by atoms with van der Waals surface area (Å²) in [5, 5.41) is 3.30. The van der Waals surface area contributed by atoms with E-state index in [0.717, 1.165) is 45.2 Å². The molecule has 0 amide bonds. The van der Waals surface area contributed by atoms with Gasteiger partial charge in [-0.15, -0.1) is 0 Å². The van der Waals surface area contributed by atoms with Crippen LogP contribution >= 0.6 is 0 Å². The van der Waals surface area contributed by atoms with Gasteiger partial charge in [-0.25, -0.2) is 8.42 Å². The molecule has 1 N–H and O–H groups in total. The first-order chi connectivity index (χ1) is 9.17. The van der Waals surface area contributed by atoms with E-state index in [-0.39, 0.29) is 18.1 Å². The van der Waals surface area contributed by atoms with Gasteiger partial charge in [0, 0.05) is 6.54 Å². The lowest BCUT2D eigenvalue weighted by atomic mass is 10.0. The zero-order chi connectivity index (χ0) is 13.3. The highest BCUT2D eigenvalue weighted by Crippen LogP contribution is 2.32. The molecular formula is C13H24N2O3S. The van der Waals surface area contributed by atoms with Crippen LogP contribution in [0.5, 0.6) is 0 Å². The second-order valence-electron chi connectivity index (χ2n) is 6.01. The summed E-state index contributed by atoms with van der Waals surface area (Å²) in [7, 11) is -3.12. The Bertz CT molecular complexity index is 406. The molecule has 3 aliphatic rings. The van der Waals surface area contributed by atoms with Gasteiger partial charge >= 0.3 is 0 Å². The molecule has 0 radical (unpaired) electrons. The molecule has 2 aliphatic heterocycles. The Labute approximate surface area is 115 Å². The third-order valence-electron chi connectivity index (χ3n) is 4.63. The average Bonchev–Trinajstić information content (AvgIpc) is 2.87. The maximum Gasteiger partial charge on any atom is 0.214 e. The van der Waals surface area contributed by atoms with E-state index in [4.69, 9.17) is 4.74 Å². The van der Waals surface area contributed by atoms with Crippen molar-refractivity contribution in [1.29, 1.82) is 0 Å². The van der Waals surface area contributed by atoms with Crippen molar-refractivity contribution in [2.75, 3.05) is 32.0 Å². The van der Waals surface area contributed by atoms with E-state index in [9.17, 15) is 8.42 Å². The number of hydrogen-bond donors (Lipinski definition) is 1. The maximum absolute atomic E-state index is 12.6. The van der Waals surface area contributed by atoms with Crippen LogP contribution < -0.4 is 5.32 Å². The van der Waals surface area contributed by atoms with Crippen molar-refractivity contribution in [3.05, 3.63) is 0 Å². The molecule has 6 heteroatoms. The van der Waals surface area contributed by atoms with E-state index in [2.05, 4.69) is 5.32 Å². The number of ether oxygens (including phenoxy) is 1. The Morgan fingerprint density at radius 2 is 2.11 bits per heavy atom. The fraction of sp³-hybridized carbons (Fsp3) is 1.00. The van der Waals surface area contributed by atoms with Crippen LogP contribution in [0.2, 0.25) is 0 Å². The third kappa shape index (κ3) is 2.96. The third-order valence-corrected chi connectivity index (χ3v) is 6.69. The smallest absolute Gasteiger partial charge is 0.214 e. The van der Waals surface area contributed by atoms with Crippen molar-refractivity contribution in [2.45, 2.75) is 44.2 Å². The van der Waals surface area contributed by atoms with E-state index in [1.54, 1.807) is 4.31 Å². The fourth-order valence-corrected chi connectivity index (χ4v) is 5.77. The molecular weight excluding hydrogens is 264 g/mol. The molecule has 0 spiro atoms. The van der Waals surface area contributed by atoms with Crippen molar-refractivity contribution in [1.82, 2.24) is 9.62 Å². The molecule has 0 bridgehead atoms. The van der Waals surface area contributed by atoms with E-state index < -0.39 is 10.0 Å². The summed E-state index contributed by atoms with van der Waals surface area (Å²) >= 11 is 0. The molecule has 110 valence electrons. The quantitative estimate of drug-likeness (QED) is 0.825. The Morgan fingerprint density at radius 1 is 1.21 bits per heavy atom. The van der Waals surface area contributed by atoms with Gasteiger partial charge in [0.15, 0.2) is 0 Å². The summed E-state index contributed by atoms with van der Waals surface area (Å²) in [5.41, 5.74) is 0. The second-order valence-corrected chi connectivity index (χ2v) is 7.98. The summed E-state index contributed by atoms with van der Waals surface area (Å²) in [4.78, 5) is 0. The van der Waals surface area contributed by atoms with E-state index >= 15 is 0 Å². The zero-order valence-electron chi connectivity index (χ0n) is 11.4. The molecule has 3 rings (SSSR count). The molecule has 3 fully saturated rings. The van der Waals surface area contributed by atoms with Crippen LogP contribution in [-0.4, -0.2) is 56.9 Å². The summed E-state index contributed by atoms with van der Waals surface area (Å²) in [6, 6.07) is 0.107. The summed E-state index contributed by atoms with van der Waals surface area (Å²) in [6.07, 6.45) is 5.34. The van der Waals surface area contributed by atoms with Gasteiger partial charge in [-0.2, -0.15) is 4.31 Å². The molecule has 1 aliphatic carbocycles. The molecule has 0 aromatic carbocycles. The number of morpholine rings is 1. The topological polar surface area (TPSA) is 58.6 Å². The number of nitrogens with zero attached hydrogens (tertiary/aromatic N) is 1. The Balaban J connectivity index is 1.68. The van der Waals surface area contributed by atoms with Gasteiger partial charge < -0.3 is 10.1 Å². The van der Waals surface area contributed by atoms with Crippen LogP contribution in [0.3, 0.4) is 0 Å². The number of hydrogen-bond acceptors (Lipinski definition) is 4. The van der Waals surface area contributed by atoms with Crippen molar-refractivity contribution >= 4 is 10.0 Å². The van der Waals surface area contributed by atoms with Crippen molar-refractivity contribution in [3.63, 3.8) is 0 Å². The van der Waals surface area contributed by atoms with Crippen LogP contribution in [0.1, 0.15) is 32.1 Å². The van der Waals surface area contributed by atoms with Crippen LogP contribution in [0, 0.1) is 5.92 Å². The number of piperidine rings is 1. The van der Waals surface area contributed by atoms with Crippen LogP contribution in [0.4, 0.5) is 0 Å². The van der Waals surface area contributed by atoms with Crippen LogP contribution in [-0.2, 0) is 14.8 Å². The largest absolute Gasteiger partial charge is 0.375 e. The molecule has 2 heterocycles. The predicted molar refractivity (Wildman–Crippen MR) is 73.5 cm³/mol. The van der Waals surface area contributed by atoms with E-state index in [0.29, 0.717) is 18.9 Å². The van der Waals surface area contributed by atoms with Crippen molar-refractivity contribution in [3.8, 4) is 0 Å². The first-order valence-corrected chi connectivity index (χ1v) is 9.09. The number of rotatable bonds is 3. The van der Waals surface area contributed by atoms with E-state index in [1.807, 2.05) is 0 Å². The lowest BCUT2D eigenvalue weighted by molar-refractivity contribution is -0.0242. The Morgan fingerprint density at radius 3 is 2.89 bits per heavy atom. The minimum atomic E-state index is -3.12. The van der Waals surface area contributed by atoms with Gasteiger partial charge in [-0.3, -0.25) is 0 Å². The predicted octanol–water partition coefficient (Wildman–Crippen LogP) is 0.569. The van der Waals surface area contributed by atoms with Crippen LogP contribution in [0.15, 0.2) is 0 Å². The van der Waals surface area contributed by atoms with Gasteiger partial charge in [0.2, 0.25) is 10.0 Å². The Hall–Kier alpha value is -0.170. The summed E-state index contributed by atoms with van der Waals surface area (Å²) < 4.78 is 32.7. The molecule has 0 aromatic heterocycles. The van der Waals surface area contributed by atoms with E-state index in [1.165, 1.54) is 0 Å². The standard InChI is InChI=1S/C13H24N2O3S/c16-19(17,10-11-3-2-6-14-9-11)15-7-8-18-13-5-1-4-12(13)15/h11-14H,1-10H2. The highest BCUT2D eigenvalue weighted by Gasteiger charge is 2.42. The number of sulfonamides is 1. The first kappa shape index (κ1) is 13.8. The lowest BCUT2D eigenvalue weighted by Crippen LogP contribution is -2.52. The SMILES string of the molecule is O=S(=O)(CC1CCCNC1)N1CCOC2CCCC21. The van der Waals surface area contributed by atoms with Crippen LogP contribution in [0.25, 0.3) is 0 Å². The second kappa shape index (κ2) is 5.68. The lowest BCUT2D eigenvalue weighted by Gasteiger charge is -2.37. The molecule has 3 unspecified atom stereocenters. The molecule has 0 aromatic rings. The molecule has 2 saturated heterocycles. The van der Waals surface area contributed by atoms with Crippen molar-refractivity contribution < 1.29 is 13.2 Å². The average molecular weight is 288 g/mol. The minimum absolute atomic E-state index is 0.107. The van der Waals surface area contributed by atoms with Crippen molar-refractivity contribution in [2.24, 2.45) is 5.92 Å². The molecule has 19 heavy (non-hydrogen) atoms. The zero-order valence-corrected chi connectivity index (χ0v) is 12.2. The maximum atomic E-state index is 12.6. The molecule has 1 saturated carbocycles. The summed E-state index contributed by atoms with van der Waals surface area (Å²) in [5.74, 6) is 0.588. The van der Waals surface area contributed by atoms with Gasteiger partial charge in [0.05, 0.1) is 24.5 Å². The van der Waals surface area contributed by atoms with Gasteiger partial charge in [-0.1, -0.05) is 0 Å². The molecule has 3 atom stereocenters. The highest BCUT2D eigenvalue weighted by molar-refractivity contribution is 7.89. The number of fused-ring (bicyclic) bond motifs is 1. The van der Waals surface area contributed by atoms with Gasteiger partial charge in [0.25, 0.3) is 0 Å². The minimum Gasteiger partial charge on any atom is -0.375 e. The Kier molecular flexibility index (Phi) is 4.12. The van der Waals surface area contributed by atoms with Gasteiger partial charge in [0.1, 0.15) is 0 Å². The summed E-state index contributed by atoms with van der Waals surface area (Å²) in [6.45, 7) is 2.98. The fourth-order valence-electron chi connectivity index (χ4n) is 3.70. The van der Waals surface area contributed by atoms with Gasteiger partial charge in [-0.05, 0) is 51.1 Å². The first-order valence-electron chi connectivity index (χ1n) is 7.49.